The maximum Gasteiger partial charge on any atom is 0.251 e. The van der Waals surface area contributed by atoms with Crippen LogP contribution in [0.5, 0.6) is 0 Å². The first-order valence-corrected chi connectivity index (χ1v) is 5.66. The van der Waals surface area contributed by atoms with Gasteiger partial charge in [-0.1, -0.05) is 0 Å². The third kappa shape index (κ3) is 2.78. The van der Waals surface area contributed by atoms with Crippen LogP contribution in [0, 0.1) is 4.77 Å². The summed E-state index contributed by atoms with van der Waals surface area (Å²) in [5.74, 6) is 0. The van der Waals surface area contributed by atoms with Crippen LogP contribution in [0.4, 0.5) is 0 Å². The van der Waals surface area contributed by atoms with Crippen LogP contribution in [0.3, 0.4) is 0 Å². The number of ether oxygens (including phenoxy) is 1. The predicted molar refractivity (Wildman–Crippen MR) is 63.1 cm³/mol. The normalized spacial score (nSPS) is 22.2. The molecule has 1 aliphatic heterocycles. The fraction of sp³-hybridized carbons (Fsp3) is 0.600. The zero-order valence-corrected chi connectivity index (χ0v) is 10.00. The van der Waals surface area contributed by atoms with Gasteiger partial charge in [-0.15, -0.1) is 0 Å². The molecule has 1 unspecified atom stereocenters. The van der Waals surface area contributed by atoms with Crippen molar-refractivity contribution in [2.75, 3.05) is 26.7 Å². The number of nitrogens with one attached hydrogen (secondary N) is 1. The second-order valence-electron chi connectivity index (χ2n) is 4.02. The summed E-state index contributed by atoms with van der Waals surface area (Å²) in [7, 11) is 2.07. The second kappa shape index (κ2) is 4.90. The maximum absolute atomic E-state index is 11.0. The van der Waals surface area contributed by atoms with Gasteiger partial charge >= 0.3 is 0 Å². The Kier molecular flexibility index (Phi) is 3.52. The summed E-state index contributed by atoms with van der Waals surface area (Å²) in [6.07, 6.45) is 1.84. The van der Waals surface area contributed by atoms with Crippen LogP contribution in [0.2, 0.25) is 0 Å². The molecule has 0 radical (unpaired) electrons. The molecule has 0 bridgehead atoms. The topological polar surface area (TPSA) is 50.3 Å². The SMILES string of the molecule is CN1CCOC(Cn2ccc(=O)[nH]c2=S)C1. The van der Waals surface area contributed by atoms with Crippen molar-refractivity contribution in [3.05, 3.63) is 27.4 Å². The lowest BCUT2D eigenvalue weighted by molar-refractivity contribution is -0.0278. The van der Waals surface area contributed by atoms with E-state index < -0.39 is 0 Å². The minimum atomic E-state index is -0.164. The largest absolute Gasteiger partial charge is 0.374 e. The van der Waals surface area contributed by atoms with Gasteiger partial charge in [0.1, 0.15) is 0 Å². The third-order valence-electron chi connectivity index (χ3n) is 2.64. The minimum Gasteiger partial charge on any atom is -0.374 e. The van der Waals surface area contributed by atoms with Crippen molar-refractivity contribution in [3.63, 3.8) is 0 Å². The average Bonchev–Trinajstić information content (AvgIpc) is 2.22. The van der Waals surface area contributed by atoms with E-state index in [2.05, 4.69) is 16.9 Å². The van der Waals surface area contributed by atoms with Crippen LogP contribution in [-0.2, 0) is 11.3 Å². The lowest BCUT2D eigenvalue weighted by Crippen LogP contribution is -2.42. The van der Waals surface area contributed by atoms with Crippen LogP contribution >= 0.6 is 12.2 Å². The van der Waals surface area contributed by atoms with Crippen molar-refractivity contribution in [2.24, 2.45) is 0 Å². The first-order valence-electron chi connectivity index (χ1n) is 5.25. The van der Waals surface area contributed by atoms with Crippen molar-refractivity contribution in [1.82, 2.24) is 14.5 Å². The van der Waals surface area contributed by atoms with Crippen molar-refractivity contribution in [1.29, 1.82) is 0 Å². The monoisotopic (exact) mass is 241 g/mol. The van der Waals surface area contributed by atoms with E-state index in [4.69, 9.17) is 17.0 Å². The van der Waals surface area contributed by atoms with Gasteiger partial charge in [0.15, 0.2) is 4.77 Å². The zero-order chi connectivity index (χ0) is 11.5. The average molecular weight is 241 g/mol. The Morgan fingerprint density at radius 2 is 2.50 bits per heavy atom. The molecule has 0 aliphatic carbocycles. The molecule has 1 aliphatic rings. The first-order chi connectivity index (χ1) is 7.65. The molecule has 2 rings (SSSR count). The summed E-state index contributed by atoms with van der Waals surface area (Å²) in [5.41, 5.74) is -0.164. The minimum absolute atomic E-state index is 0.136. The molecule has 0 spiro atoms. The Morgan fingerprint density at radius 3 is 3.19 bits per heavy atom. The molecule has 16 heavy (non-hydrogen) atoms. The van der Waals surface area contributed by atoms with E-state index in [9.17, 15) is 4.79 Å². The van der Waals surface area contributed by atoms with E-state index in [0.29, 0.717) is 11.3 Å². The third-order valence-corrected chi connectivity index (χ3v) is 2.98. The number of hydrogen-bond acceptors (Lipinski definition) is 4. The van der Waals surface area contributed by atoms with Crippen molar-refractivity contribution >= 4 is 12.2 Å². The van der Waals surface area contributed by atoms with E-state index in [1.165, 1.54) is 6.07 Å². The maximum atomic E-state index is 11.0. The van der Waals surface area contributed by atoms with Gasteiger partial charge in [-0.2, -0.15) is 0 Å². The highest BCUT2D eigenvalue weighted by molar-refractivity contribution is 7.71. The number of aromatic amines is 1. The Labute approximate surface area is 98.7 Å². The van der Waals surface area contributed by atoms with Gasteiger partial charge in [0.05, 0.1) is 19.3 Å². The van der Waals surface area contributed by atoms with Crippen LogP contribution in [0.15, 0.2) is 17.1 Å². The highest BCUT2D eigenvalue weighted by Gasteiger charge is 2.17. The standard InChI is InChI=1S/C10H15N3O2S/c1-12-4-5-15-8(6-12)7-13-3-2-9(14)11-10(13)16/h2-3,8H,4-7H2,1H3,(H,11,14,16). The molecular weight excluding hydrogens is 226 g/mol. The lowest BCUT2D eigenvalue weighted by atomic mass is 10.3. The van der Waals surface area contributed by atoms with Gasteiger partial charge in [0.25, 0.3) is 5.56 Å². The second-order valence-corrected chi connectivity index (χ2v) is 4.40. The smallest absolute Gasteiger partial charge is 0.251 e. The highest BCUT2D eigenvalue weighted by Crippen LogP contribution is 2.05. The predicted octanol–water partition coefficient (Wildman–Crippen LogP) is 0.236. The molecule has 2 heterocycles. The molecular formula is C10H15N3O2S. The summed E-state index contributed by atoms with van der Waals surface area (Å²) in [5, 5.41) is 0. The number of hydrogen-bond donors (Lipinski definition) is 1. The summed E-state index contributed by atoms with van der Waals surface area (Å²) in [4.78, 5) is 15.8. The molecule has 88 valence electrons. The quantitative estimate of drug-likeness (QED) is 0.753. The highest BCUT2D eigenvalue weighted by atomic mass is 32.1. The van der Waals surface area contributed by atoms with Crippen molar-refractivity contribution in [3.8, 4) is 0 Å². The zero-order valence-electron chi connectivity index (χ0n) is 9.18. The van der Waals surface area contributed by atoms with Crippen molar-refractivity contribution < 1.29 is 4.74 Å². The van der Waals surface area contributed by atoms with Gasteiger partial charge in [-0.05, 0) is 19.3 Å². The molecule has 0 amide bonds. The lowest BCUT2D eigenvalue weighted by Gasteiger charge is -2.30. The number of nitrogens with zero attached hydrogens (tertiary/aromatic N) is 2. The number of rotatable bonds is 2. The van der Waals surface area contributed by atoms with E-state index in [1.54, 1.807) is 6.20 Å². The van der Waals surface area contributed by atoms with Crippen LogP contribution in [0.25, 0.3) is 0 Å². The molecule has 0 saturated carbocycles. The summed E-state index contributed by atoms with van der Waals surface area (Å²) in [6, 6.07) is 1.47. The molecule has 1 N–H and O–H groups in total. The van der Waals surface area contributed by atoms with Crippen LogP contribution < -0.4 is 5.56 Å². The van der Waals surface area contributed by atoms with Crippen LogP contribution in [0.1, 0.15) is 0 Å². The fourth-order valence-electron chi connectivity index (χ4n) is 1.78. The van der Waals surface area contributed by atoms with Gasteiger partial charge in [0, 0.05) is 25.4 Å². The molecule has 0 aromatic carbocycles. The summed E-state index contributed by atoms with van der Waals surface area (Å²) >= 11 is 5.08. The molecule has 1 aromatic rings. The molecule has 1 saturated heterocycles. The fourth-order valence-corrected chi connectivity index (χ4v) is 2.02. The van der Waals surface area contributed by atoms with Gasteiger partial charge in [-0.25, -0.2) is 0 Å². The van der Waals surface area contributed by atoms with E-state index in [0.717, 1.165) is 19.7 Å². The molecule has 5 nitrogen and oxygen atoms in total. The van der Waals surface area contributed by atoms with Gasteiger partial charge < -0.3 is 14.2 Å². The van der Waals surface area contributed by atoms with E-state index in [-0.39, 0.29) is 11.7 Å². The number of morpholine rings is 1. The molecule has 1 aromatic heterocycles. The first kappa shape index (κ1) is 11.5. The number of aromatic nitrogens is 2. The van der Waals surface area contributed by atoms with Crippen molar-refractivity contribution in [2.45, 2.75) is 12.6 Å². The molecule has 1 fully saturated rings. The number of likely N-dealkylation sites (N-methyl/N-ethyl adjacent to an activating group) is 1. The summed E-state index contributed by atoms with van der Waals surface area (Å²) < 4.78 is 7.92. The number of H-pyrrole nitrogens is 1. The van der Waals surface area contributed by atoms with Crippen LogP contribution in [-0.4, -0.2) is 47.3 Å². The Morgan fingerprint density at radius 1 is 1.69 bits per heavy atom. The van der Waals surface area contributed by atoms with E-state index in [1.807, 2.05) is 4.57 Å². The van der Waals surface area contributed by atoms with E-state index >= 15 is 0 Å². The Bertz CT molecular complexity index is 468. The van der Waals surface area contributed by atoms with Gasteiger partial charge in [-0.3, -0.25) is 9.78 Å². The molecule has 6 heteroatoms. The van der Waals surface area contributed by atoms with Gasteiger partial charge in [0.2, 0.25) is 0 Å². The Hall–Kier alpha value is -0.980. The molecule has 1 atom stereocenters. The summed E-state index contributed by atoms with van der Waals surface area (Å²) in [6.45, 7) is 3.28. The Balaban J connectivity index is 2.08.